The van der Waals surface area contributed by atoms with Gasteiger partial charge in [0.2, 0.25) is 5.91 Å². The van der Waals surface area contributed by atoms with Crippen molar-refractivity contribution in [3.8, 4) is 23.7 Å². The number of carbonyl (C=O) groups excluding carboxylic acids is 3. The number of amides is 3. The summed E-state index contributed by atoms with van der Waals surface area (Å²) in [6.07, 6.45) is 0. The Morgan fingerprint density at radius 1 is 0.872 bits per heavy atom. The highest BCUT2D eigenvalue weighted by molar-refractivity contribution is 5.97. The molecule has 39 heavy (non-hydrogen) atoms. The molecule has 0 aliphatic carbocycles. The maximum Gasteiger partial charge on any atom is 0.267 e. The van der Waals surface area contributed by atoms with Crippen molar-refractivity contribution in [2.75, 3.05) is 18.4 Å². The van der Waals surface area contributed by atoms with Crippen molar-refractivity contribution in [1.82, 2.24) is 16.1 Å². The summed E-state index contributed by atoms with van der Waals surface area (Å²) in [5.41, 5.74) is 10.4. The highest BCUT2D eigenvalue weighted by atomic mass is 16.5. The molecule has 9 heteroatoms. The second-order valence-corrected chi connectivity index (χ2v) is 8.45. The van der Waals surface area contributed by atoms with E-state index in [2.05, 4.69) is 39.6 Å². The molecule has 0 saturated carbocycles. The van der Waals surface area contributed by atoms with Crippen molar-refractivity contribution in [2.45, 2.75) is 19.0 Å². The number of nitrogens with one attached hydrogen (secondary N) is 4. The Balaban J connectivity index is 1.48. The SMILES string of the molecule is C[C@H](NCC(=O)Nc1ccc(C#CC#Cc2ccc(C(=O)N[C@@H](CN)C(=O)NO)cc2)cc1)c1ccccc1. The molecular formula is C30H29N5O4. The fourth-order valence-electron chi connectivity index (χ4n) is 3.41. The van der Waals surface area contributed by atoms with Crippen molar-refractivity contribution < 1.29 is 19.6 Å². The quantitative estimate of drug-likeness (QED) is 0.144. The molecule has 9 nitrogen and oxygen atoms in total. The molecule has 2 atom stereocenters. The lowest BCUT2D eigenvalue weighted by molar-refractivity contribution is -0.130. The molecule has 7 N–H and O–H groups in total. The first-order chi connectivity index (χ1) is 18.9. The number of benzene rings is 3. The fourth-order valence-corrected chi connectivity index (χ4v) is 3.41. The summed E-state index contributed by atoms with van der Waals surface area (Å²) >= 11 is 0. The number of rotatable bonds is 9. The van der Waals surface area contributed by atoms with Crippen LogP contribution in [0.4, 0.5) is 5.69 Å². The summed E-state index contributed by atoms with van der Waals surface area (Å²) in [5.74, 6) is 9.94. The predicted octanol–water partition coefficient (Wildman–Crippen LogP) is 1.94. The number of nitrogens with two attached hydrogens (primary N) is 1. The Morgan fingerprint density at radius 2 is 1.46 bits per heavy atom. The predicted molar refractivity (Wildman–Crippen MR) is 148 cm³/mol. The molecule has 0 saturated heterocycles. The molecule has 3 aromatic carbocycles. The van der Waals surface area contributed by atoms with Gasteiger partial charge in [-0.05, 0) is 72.9 Å². The molecule has 0 spiro atoms. The molecule has 0 aromatic heterocycles. The molecule has 0 aliphatic rings. The van der Waals surface area contributed by atoms with E-state index in [1.807, 2.05) is 37.3 Å². The summed E-state index contributed by atoms with van der Waals surface area (Å²) in [6.45, 7) is 2.03. The highest BCUT2D eigenvalue weighted by Crippen LogP contribution is 2.12. The standard InChI is InChI=1S/C30H29N5O4/c1-21(24-9-3-2-4-10-24)32-20-28(36)33-26-17-13-23(14-18-26)8-6-5-7-22-11-15-25(16-12-22)29(37)34-27(19-31)30(38)35-39/h2-4,9-18,21,27,32,39H,19-20,31H2,1H3,(H,33,36)(H,34,37)(H,35,38)/t21-,27-/m0/s1. The number of hydroxylamine groups is 1. The third kappa shape index (κ3) is 9.15. The minimum Gasteiger partial charge on any atom is -0.339 e. The first kappa shape index (κ1) is 28.6. The van der Waals surface area contributed by atoms with E-state index >= 15 is 0 Å². The zero-order chi connectivity index (χ0) is 28.0. The van der Waals surface area contributed by atoms with E-state index in [-0.39, 0.29) is 25.0 Å². The zero-order valence-electron chi connectivity index (χ0n) is 21.3. The van der Waals surface area contributed by atoms with Gasteiger partial charge in [-0.2, -0.15) is 0 Å². The normalized spacial score (nSPS) is 11.5. The van der Waals surface area contributed by atoms with Crippen LogP contribution < -0.4 is 27.2 Å². The number of hydrogen-bond donors (Lipinski definition) is 6. The zero-order valence-corrected chi connectivity index (χ0v) is 21.3. The van der Waals surface area contributed by atoms with E-state index in [1.165, 1.54) is 5.48 Å². The fraction of sp³-hybridized carbons (Fsp3) is 0.167. The summed E-state index contributed by atoms with van der Waals surface area (Å²) in [6, 6.07) is 22.5. The molecule has 0 aliphatic heterocycles. The lowest BCUT2D eigenvalue weighted by Crippen LogP contribution is -2.50. The van der Waals surface area contributed by atoms with E-state index in [4.69, 9.17) is 10.9 Å². The minimum absolute atomic E-state index is 0.0596. The van der Waals surface area contributed by atoms with E-state index in [1.54, 1.807) is 48.5 Å². The lowest BCUT2D eigenvalue weighted by atomic mass is 10.1. The molecule has 0 radical (unpaired) electrons. The highest BCUT2D eigenvalue weighted by Gasteiger charge is 2.19. The van der Waals surface area contributed by atoms with Crippen molar-refractivity contribution in [2.24, 2.45) is 5.73 Å². The third-order valence-corrected chi connectivity index (χ3v) is 5.63. The molecule has 3 rings (SSSR count). The Morgan fingerprint density at radius 3 is 2.03 bits per heavy atom. The van der Waals surface area contributed by atoms with Crippen molar-refractivity contribution in [3.63, 3.8) is 0 Å². The van der Waals surface area contributed by atoms with Gasteiger partial charge in [0, 0.05) is 35.0 Å². The first-order valence-corrected chi connectivity index (χ1v) is 12.1. The van der Waals surface area contributed by atoms with Gasteiger partial charge in [0.15, 0.2) is 0 Å². The van der Waals surface area contributed by atoms with Crippen LogP contribution >= 0.6 is 0 Å². The van der Waals surface area contributed by atoms with Gasteiger partial charge in [-0.15, -0.1) is 0 Å². The summed E-state index contributed by atoms with van der Waals surface area (Å²) < 4.78 is 0. The van der Waals surface area contributed by atoms with Crippen LogP contribution in [-0.4, -0.2) is 42.1 Å². The van der Waals surface area contributed by atoms with Crippen LogP contribution in [0.5, 0.6) is 0 Å². The Kier molecular flexibility index (Phi) is 10.8. The number of carbonyl (C=O) groups is 3. The second-order valence-electron chi connectivity index (χ2n) is 8.45. The van der Waals surface area contributed by atoms with Crippen LogP contribution in [-0.2, 0) is 9.59 Å². The molecule has 0 heterocycles. The van der Waals surface area contributed by atoms with Gasteiger partial charge in [-0.3, -0.25) is 19.6 Å². The minimum atomic E-state index is -1.05. The van der Waals surface area contributed by atoms with Crippen LogP contribution in [0, 0.1) is 23.7 Å². The average Bonchev–Trinajstić information content (AvgIpc) is 2.97. The maximum absolute atomic E-state index is 12.3. The van der Waals surface area contributed by atoms with Crippen LogP contribution in [0.3, 0.4) is 0 Å². The van der Waals surface area contributed by atoms with Gasteiger partial charge in [-0.1, -0.05) is 42.2 Å². The van der Waals surface area contributed by atoms with E-state index in [9.17, 15) is 14.4 Å². The van der Waals surface area contributed by atoms with Crippen molar-refractivity contribution >= 4 is 23.4 Å². The molecule has 0 bridgehead atoms. The van der Waals surface area contributed by atoms with Crippen molar-refractivity contribution in [3.05, 3.63) is 101 Å². The average molecular weight is 524 g/mol. The van der Waals surface area contributed by atoms with E-state index < -0.39 is 17.9 Å². The largest absolute Gasteiger partial charge is 0.339 e. The molecule has 3 aromatic rings. The smallest absolute Gasteiger partial charge is 0.267 e. The number of anilines is 1. The Labute approximate surface area is 227 Å². The van der Waals surface area contributed by atoms with Gasteiger partial charge >= 0.3 is 0 Å². The third-order valence-electron chi connectivity index (χ3n) is 5.63. The second kappa shape index (κ2) is 14.7. The monoisotopic (exact) mass is 523 g/mol. The Bertz CT molecular complexity index is 1400. The van der Waals surface area contributed by atoms with Crippen LogP contribution in [0.2, 0.25) is 0 Å². The molecule has 0 fully saturated rings. The molecular weight excluding hydrogens is 494 g/mol. The van der Waals surface area contributed by atoms with Crippen LogP contribution in [0.25, 0.3) is 0 Å². The van der Waals surface area contributed by atoms with Gasteiger partial charge < -0.3 is 21.7 Å². The van der Waals surface area contributed by atoms with Gasteiger partial charge in [-0.25, -0.2) is 5.48 Å². The molecule has 198 valence electrons. The lowest BCUT2D eigenvalue weighted by Gasteiger charge is -2.14. The maximum atomic E-state index is 12.3. The van der Waals surface area contributed by atoms with Gasteiger partial charge in [0.05, 0.1) is 6.54 Å². The van der Waals surface area contributed by atoms with Crippen LogP contribution in [0.1, 0.15) is 40.0 Å². The molecule has 3 amide bonds. The number of hydrogen-bond acceptors (Lipinski definition) is 6. The van der Waals surface area contributed by atoms with E-state index in [0.29, 0.717) is 16.8 Å². The summed E-state index contributed by atoms with van der Waals surface area (Å²) in [7, 11) is 0. The summed E-state index contributed by atoms with van der Waals surface area (Å²) in [5, 5.41) is 17.2. The first-order valence-electron chi connectivity index (χ1n) is 12.1. The van der Waals surface area contributed by atoms with Crippen molar-refractivity contribution in [1.29, 1.82) is 0 Å². The van der Waals surface area contributed by atoms with Crippen LogP contribution in [0.15, 0.2) is 78.9 Å². The van der Waals surface area contributed by atoms with Gasteiger partial charge in [0.25, 0.3) is 11.8 Å². The molecule has 0 unspecified atom stereocenters. The summed E-state index contributed by atoms with van der Waals surface area (Å²) in [4.78, 5) is 36.0. The topological polar surface area (TPSA) is 146 Å². The van der Waals surface area contributed by atoms with Gasteiger partial charge in [0.1, 0.15) is 6.04 Å². The Hall–Kier alpha value is -4.93. The van der Waals surface area contributed by atoms with E-state index in [0.717, 1.165) is 11.1 Å².